The average Bonchev–Trinajstić information content (AvgIpc) is 3.16. The van der Waals surface area contributed by atoms with E-state index in [9.17, 15) is 14.0 Å². The number of hydrogen-bond acceptors (Lipinski definition) is 4. The fourth-order valence-electron chi connectivity index (χ4n) is 3.24. The number of carbonyl (C=O) groups is 2. The zero-order valence-corrected chi connectivity index (χ0v) is 14.7. The van der Waals surface area contributed by atoms with Gasteiger partial charge in [0, 0.05) is 24.7 Å². The molecule has 1 saturated heterocycles. The average molecular weight is 356 g/mol. The molecule has 0 radical (unpaired) electrons. The highest BCUT2D eigenvalue weighted by Gasteiger charge is 2.34. The van der Waals surface area contributed by atoms with E-state index in [1.54, 1.807) is 35.4 Å². The van der Waals surface area contributed by atoms with Crippen molar-refractivity contribution in [2.75, 3.05) is 13.7 Å². The maximum atomic E-state index is 13.8. The second kappa shape index (κ2) is 8.08. The lowest BCUT2D eigenvalue weighted by Gasteiger charge is -2.22. The molecule has 1 aromatic carbocycles. The standard InChI is InChI=1S/C20H21FN2O3/c1-26-20(25)18-7-4-12-23(18)19(24)11-9-14-8-10-17(22-13-14)15-5-2-3-6-16(15)21/h2-3,5-6,8,10,13,18H,4,7,9,11-12H2,1H3. The zero-order valence-electron chi connectivity index (χ0n) is 14.7. The Morgan fingerprint density at radius 3 is 2.77 bits per heavy atom. The number of ether oxygens (including phenoxy) is 1. The van der Waals surface area contributed by atoms with Gasteiger partial charge in [-0.15, -0.1) is 0 Å². The predicted molar refractivity (Wildman–Crippen MR) is 94.7 cm³/mol. The third-order valence-corrected chi connectivity index (χ3v) is 4.65. The lowest BCUT2D eigenvalue weighted by atomic mass is 10.1. The van der Waals surface area contributed by atoms with Crippen LogP contribution in [-0.4, -0.2) is 41.5 Å². The summed E-state index contributed by atoms with van der Waals surface area (Å²) >= 11 is 0. The van der Waals surface area contributed by atoms with Gasteiger partial charge >= 0.3 is 5.97 Å². The topological polar surface area (TPSA) is 59.5 Å². The first-order chi connectivity index (χ1) is 12.6. The SMILES string of the molecule is COC(=O)C1CCCN1C(=O)CCc1ccc(-c2ccccc2F)nc1. The summed E-state index contributed by atoms with van der Waals surface area (Å²) < 4.78 is 18.6. The summed E-state index contributed by atoms with van der Waals surface area (Å²) in [5, 5.41) is 0. The largest absolute Gasteiger partial charge is 0.467 e. The molecule has 6 heteroatoms. The molecule has 1 atom stereocenters. The minimum absolute atomic E-state index is 0.0592. The molecule has 1 aliphatic heterocycles. The normalized spacial score (nSPS) is 16.5. The summed E-state index contributed by atoms with van der Waals surface area (Å²) in [6.45, 7) is 0.586. The van der Waals surface area contributed by atoms with Gasteiger partial charge in [0.25, 0.3) is 0 Å². The van der Waals surface area contributed by atoms with E-state index in [4.69, 9.17) is 4.74 Å². The van der Waals surface area contributed by atoms with E-state index in [0.29, 0.717) is 37.1 Å². The van der Waals surface area contributed by atoms with Gasteiger partial charge in [0.05, 0.1) is 12.8 Å². The molecule has 2 heterocycles. The van der Waals surface area contributed by atoms with Crippen molar-refractivity contribution in [3.63, 3.8) is 0 Å². The lowest BCUT2D eigenvalue weighted by Crippen LogP contribution is -2.41. The summed E-state index contributed by atoms with van der Waals surface area (Å²) in [5.74, 6) is -0.728. The molecule has 1 unspecified atom stereocenters. The van der Waals surface area contributed by atoms with Gasteiger partial charge in [-0.25, -0.2) is 9.18 Å². The number of nitrogens with zero attached hydrogens (tertiary/aromatic N) is 2. The van der Waals surface area contributed by atoms with Gasteiger partial charge in [-0.3, -0.25) is 9.78 Å². The number of rotatable bonds is 5. The van der Waals surface area contributed by atoms with Gasteiger partial charge in [-0.05, 0) is 43.0 Å². The maximum absolute atomic E-state index is 13.8. The first kappa shape index (κ1) is 18.0. The van der Waals surface area contributed by atoms with Crippen LogP contribution in [0, 0.1) is 5.82 Å². The number of benzene rings is 1. The van der Waals surface area contributed by atoms with Crippen LogP contribution in [0.2, 0.25) is 0 Å². The summed E-state index contributed by atoms with van der Waals surface area (Å²) in [5.41, 5.74) is 1.91. The molecule has 2 aromatic rings. The Kier molecular flexibility index (Phi) is 5.61. The van der Waals surface area contributed by atoms with Crippen molar-refractivity contribution in [3.8, 4) is 11.3 Å². The molecule has 1 amide bonds. The van der Waals surface area contributed by atoms with Crippen molar-refractivity contribution in [1.29, 1.82) is 0 Å². The quantitative estimate of drug-likeness (QED) is 0.773. The van der Waals surface area contributed by atoms with Crippen molar-refractivity contribution >= 4 is 11.9 Å². The Morgan fingerprint density at radius 2 is 2.08 bits per heavy atom. The van der Waals surface area contributed by atoms with Crippen molar-refractivity contribution in [1.82, 2.24) is 9.88 Å². The number of aryl methyl sites for hydroxylation is 1. The molecule has 26 heavy (non-hydrogen) atoms. The lowest BCUT2D eigenvalue weighted by molar-refractivity contribution is -0.150. The minimum atomic E-state index is -0.464. The Morgan fingerprint density at radius 1 is 1.27 bits per heavy atom. The van der Waals surface area contributed by atoms with Gasteiger partial charge in [0.2, 0.25) is 5.91 Å². The minimum Gasteiger partial charge on any atom is -0.467 e. The molecule has 0 spiro atoms. The van der Waals surface area contributed by atoms with Gasteiger partial charge in [-0.1, -0.05) is 18.2 Å². The van der Waals surface area contributed by atoms with Crippen molar-refractivity contribution in [3.05, 3.63) is 54.0 Å². The van der Waals surface area contributed by atoms with Crippen molar-refractivity contribution in [2.45, 2.75) is 31.7 Å². The monoisotopic (exact) mass is 356 g/mol. The molecular weight excluding hydrogens is 335 g/mol. The Hall–Kier alpha value is -2.76. The van der Waals surface area contributed by atoms with Crippen molar-refractivity contribution in [2.24, 2.45) is 0 Å². The van der Waals surface area contributed by atoms with E-state index in [0.717, 1.165) is 12.0 Å². The Labute approximate surface area is 151 Å². The molecule has 1 fully saturated rings. The predicted octanol–water partition coefficient (Wildman–Crippen LogP) is 2.98. The molecule has 0 saturated carbocycles. The first-order valence-corrected chi connectivity index (χ1v) is 8.67. The van der Waals surface area contributed by atoms with Crippen LogP contribution >= 0.6 is 0 Å². The second-order valence-corrected chi connectivity index (χ2v) is 6.30. The zero-order chi connectivity index (χ0) is 18.5. The van der Waals surface area contributed by atoms with Gasteiger partial charge in [0.1, 0.15) is 11.9 Å². The molecule has 1 aliphatic rings. The van der Waals surface area contributed by atoms with Gasteiger partial charge in [0.15, 0.2) is 0 Å². The number of carbonyl (C=O) groups excluding carboxylic acids is 2. The van der Waals surface area contributed by atoms with Crippen LogP contribution in [0.25, 0.3) is 11.3 Å². The molecule has 5 nitrogen and oxygen atoms in total. The van der Waals surface area contributed by atoms with Crippen LogP contribution in [0.4, 0.5) is 4.39 Å². The Balaban J connectivity index is 1.61. The number of hydrogen-bond donors (Lipinski definition) is 0. The maximum Gasteiger partial charge on any atom is 0.328 e. The highest BCUT2D eigenvalue weighted by Crippen LogP contribution is 2.22. The number of methoxy groups -OCH3 is 1. The molecular formula is C20H21FN2O3. The molecule has 3 rings (SSSR count). The van der Waals surface area contributed by atoms with Crippen LogP contribution in [0.15, 0.2) is 42.6 Å². The van der Waals surface area contributed by atoms with Crippen LogP contribution in [0.1, 0.15) is 24.8 Å². The number of pyridine rings is 1. The van der Waals surface area contributed by atoms with Crippen LogP contribution < -0.4 is 0 Å². The van der Waals surface area contributed by atoms with E-state index in [2.05, 4.69) is 4.98 Å². The molecule has 0 N–H and O–H groups in total. The van der Waals surface area contributed by atoms with E-state index in [1.807, 2.05) is 6.07 Å². The number of esters is 1. The summed E-state index contributed by atoms with van der Waals surface area (Å²) in [6.07, 6.45) is 3.94. The van der Waals surface area contributed by atoms with Crippen LogP contribution in [0.3, 0.4) is 0 Å². The third kappa shape index (κ3) is 3.90. The third-order valence-electron chi connectivity index (χ3n) is 4.65. The molecule has 0 aliphatic carbocycles. The highest BCUT2D eigenvalue weighted by atomic mass is 19.1. The summed E-state index contributed by atoms with van der Waals surface area (Å²) in [7, 11) is 1.34. The second-order valence-electron chi connectivity index (χ2n) is 6.30. The van der Waals surface area contributed by atoms with E-state index in [1.165, 1.54) is 13.2 Å². The molecule has 0 bridgehead atoms. The van der Waals surface area contributed by atoms with Crippen molar-refractivity contribution < 1.29 is 18.7 Å². The fourth-order valence-corrected chi connectivity index (χ4v) is 3.24. The fraction of sp³-hybridized carbons (Fsp3) is 0.350. The van der Waals surface area contributed by atoms with Gasteiger partial charge in [-0.2, -0.15) is 0 Å². The number of likely N-dealkylation sites (tertiary alicyclic amines) is 1. The van der Waals surface area contributed by atoms with Crippen LogP contribution in [-0.2, 0) is 20.7 Å². The van der Waals surface area contributed by atoms with Crippen LogP contribution in [0.5, 0.6) is 0 Å². The number of halogens is 1. The number of aromatic nitrogens is 1. The van der Waals surface area contributed by atoms with E-state index < -0.39 is 6.04 Å². The first-order valence-electron chi connectivity index (χ1n) is 8.67. The Bertz CT molecular complexity index is 792. The van der Waals surface area contributed by atoms with E-state index in [-0.39, 0.29) is 17.7 Å². The summed E-state index contributed by atoms with van der Waals surface area (Å²) in [6, 6.07) is 9.63. The molecule has 136 valence electrons. The summed E-state index contributed by atoms with van der Waals surface area (Å²) in [4.78, 5) is 30.1. The van der Waals surface area contributed by atoms with Gasteiger partial charge < -0.3 is 9.64 Å². The van der Waals surface area contributed by atoms with E-state index >= 15 is 0 Å². The number of amides is 1. The molecule has 1 aromatic heterocycles. The smallest absolute Gasteiger partial charge is 0.328 e. The highest BCUT2D eigenvalue weighted by molar-refractivity contribution is 5.85.